The zero-order chi connectivity index (χ0) is 22.1. The third-order valence-electron chi connectivity index (χ3n) is 5.42. The number of aryl methyl sites for hydroxylation is 1. The first-order valence-corrected chi connectivity index (χ1v) is 10.5. The largest absolute Gasteiger partial charge is 0.339 e. The summed E-state index contributed by atoms with van der Waals surface area (Å²) in [4.78, 5) is 43.3. The van der Waals surface area contributed by atoms with Crippen LogP contribution in [0.1, 0.15) is 36.9 Å². The lowest BCUT2D eigenvalue weighted by molar-refractivity contribution is -0.116. The fourth-order valence-electron chi connectivity index (χ4n) is 3.73. The monoisotopic (exact) mass is 443 g/mol. The number of hydrogen-bond donors (Lipinski definition) is 1. The second-order valence-corrected chi connectivity index (χ2v) is 7.84. The van der Waals surface area contributed by atoms with Crippen LogP contribution in [0, 0.1) is 6.92 Å². The van der Waals surface area contributed by atoms with Gasteiger partial charge in [0.25, 0.3) is 5.56 Å². The first kappa shape index (κ1) is 21.0. The predicted octanol–water partition coefficient (Wildman–Crippen LogP) is 2.56. The molecule has 31 heavy (non-hydrogen) atoms. The second kappa shape index (κ2) is 8.50. The molecule has 1 aliphatic rings. The first-order valence-electron chi connectivity index (χ1n) is 10.1. The van der Waals surface area contributed by atoms with Crippen molar-refractivity contribution in [2.24, 2.45) is 0 Å². The molecule has 2 aromatic heterocycles. The third-order valence-corrected chi connectivity index (χ3v) is 5.83. The highest BCUT2D eigenvalue weighted by Crippen LogP contribution is 2.23. The molecule has 0 radical (unpaired) electrons. The Hall–Kier alpha value is -3.20. The average Bonchev–Trinajstić information content (AvgIpc) is 3.23. The molecule has 162 valence electrons. The van der Waals surface area contributed by atoms with E-state index in [0.29, 0.717) is 47.2 Å². The van der Waals surface area contributed by atoms with Gasteiger partial charge in [-0.15, -0.1) is 0 Å². The van der Waals surface area contributed by atoms with Gasteiger partial charge in [-0.25, -0.2) is 4.79 Å². The average molecular weight is 444 g/mol. The lowest BCUT2D eigenvalue weighted by Crippen LogP contribution is -2.45. The zero-order valence-electron chi connectivity index (χ0n) is 17.3. The third kappa shape index (κ3) is 3.93. The molecule has 1 aromatic carbocycles. The number of benzene rings is 1. The summed E-state index contributed by atoms with van der Waals surface area (Å²) in [6.45, 7) is 3.67. The lowest BCUT2D eigenvalue weighted by Gasteiger charge is -2.21. The summed E-state index contributed by atoms with van der Waals surface area (Å²) >= 11 is 6.11. The highest BCUT2D eigenvalue weighted by Gasteiger charge is 2.26. The molecule has 9 nitrogen and oxygen atoms in total. The fraction of sp³-hybridized carbons (Fsp3) is 0.381. The maximum Gasteiger partial charge on any atom is 0.331 e. The van der Waals surface area contributed by atoms with E-state index in [1.165, 1.54) is 0 Å². The van der Waals surface area contributed by atoms with Crippen molar-refractivity contribution >= 4 is 23.2 Å². The van der Waals surface area contributed by atoms with Crippen molar-refractivity contribution in [1.82, 2.24) is 19.3 Å². The van der Waals surface area contributed by atoms with Gasteiger partial charge < -0.3 is 9.84 Å². The van der Waals surface area contributed by atoms with Gasteiger partial charge in [-0.05, 0) is 43.9 Å². The second-order valence-electron chi connectivity index (χ2n) is 7.43. The molecule has 0 spiro atoms. The van der Waals surface area contributed by atoms with Crippen molar-refractivity contribution in [3.8, 4) is 11.4 Å². The number of aromatic nitrogens is 4. The number of nitrogens with one attached hydrogen (secondary N) is 1. The zero-order valence-corrected chi connectivity index (χ0v) is 18.0. The topological polar surface area (TPSA) is 112 Å². The van der Waals surface area contributed by atoms with Crippen molar-refractivity contribution in [2.45, 2.75) is 52.6 Å². The summed E-state index contributed by atoms with van der Waals surface area (Å²) in [5.41, 5.74) is 0.919. The number of amides is 1. The lowest BCUT2D eigenvalue weighted by atomic mass is 10.0. The first-order chi connectivity index (χ1) is 14.9. The van der Waals surface area contributed by atoms with E-state index in [-0.39, 0.29) is 11.4 Å². The summed E-state index contributed by atoms with van der Waals surface area (Å²) in [6.07, 6.45) is 2.75. The molecule has 1 amide bonds. The van der Waals surface area contributed by atoms with E-state index in [1.807, 2.05) is 6.92 Å². The Morgan fingerprint density at radius 2 is 2.10 bits per heavy atom. The van der Waals surface area contributed by atoms with Crippen LogP contribution >= 0.6 is 11.6 Å². The number of fused-ring (bicyclic) bond motifs is 1. The number of nitrogens with zero attached hydrogens (tertiary/aromatic N) is 4. The van der Waals surface area contributed by atoms with Gasteiger partial charge in [0.1, 0.15) is 12.1 Å². The summed E-state index contributed by atoms with van der Waals surface area (Å²) in [7, 11) is 0. The van der Waals surface area contributed by atoms with Crippen LogP contribution in [0.2, 0.25) is 5.02 Å². The Morgan fingerprint density at radius 3 is 2.84 bits per heavy atom. The van der Waals surface area contributed by atoms with Gasteiger partial charge in [0.15, 0.2) is 0 Å². The molecule has 10 heteroatoms. The number of carbonyl (C=O) groups excluding carboxylic acids is 1. The minimum atomic E-state index is -0.598. The molecular formula is C21H22ClN5O4. The van der Waals surface area contributed by atoms with Gasteiger partial charge >= 0.3 is 5.69 Å². The summed E-state index contributed by atoms with van der Waals surface area (Å²) in [5.74, 6) is 0.0393. The molecule has 0 saturated carbocycles. The molecule has 0 atom stereocenters. The number of carbonyl (C=O) groups is 1. The van der Waals surface area contributed by atoms with E-state index >= 15 is 0 Å². The Bertz CT molecular complexity index is 1270. The maximum absolute atomic E-state index is 13.3. The van der Waals surface area contributed by atoms with Crippen molar-refractivity contribution in [1.29, 1.82) is 0 Å². The molecule has 1 N–H and O–H groups in total. The number of rotatable bonds is 5. The van der Waals surface area contributed by atoms with Crippen LogP contribution < -0.4 is 16.6 Å². The Labute approximate surface area is 182 Å². The van der Waals surface area contributed by atoms with Crippen LogP contribution in [0.4, 0.5) is 5.69 Å². The van der Waals surface area contributed by atoms with Gasteiger partial charge in [-0.1, -0.05) is 29.7 Å². The van der Waals surface area contributed by atoms with Crippen LogP contribution in [0.15, 0.2) is 32.3 Å². The summed E-state index contributed by atoms with van der Waals surface area (Å²) in [6, 6.07) is 5.14. The molecule has 0 aliphatic carbocycles. The molecule has 0 unspecified atom stereocenters. The SMILES string of the molecule is CCc1nc(-c2c3n(c(=O)n(CC(=O)Nc4cccc(Cl)c4C)c2=O)CCCC3)no1. The van der Waals surface area contributed by atoms with E-state index in [9.17, 15) is 14.4 Å². The normalized spacial score (nSPS) is 13.1. The molecule has 3 aromatic rings. The Balaban J connectivity index is 1.76. The number of hydrogen-bond acceptors (Lipinski definition) is 6. The fourth-order valence-corrected chi connectivity index (χ4v) is 3.91. The van der Waals surface area contributed by atoms with Crippen LogP contribution in [-0.4, -0.2) is 25.2 Å². The highest BCUT2D eigenvalue weighted by atomic mass is 35.5. The smallest absolute Gasteiger partial charge is 0.331 e. The molecule has 0 saturated heterocycles. The van der Waals surface area contributed by atoms with E-state index in [1.54, 1.807) is 29.7 Å². The van der Waals surface area contributed by atoms with Crippen molar-refractivity contribution in [2.75, 3.05) is 5.32 Å². The van der Waals surface area contributed by atoms with Gasteiger partial charge in [-0.3, -0.25) is 18.7 Å². The van der Waals surface area contributed by atoms with Crippen LogP contribution in [0.3, 0.4) is 0 Å². The van der Waals surface area contributed by atoms with E-state index in [4.69, 9.17) is 16.1 Å². The molecule has 1 aliphatic heterocycles. The van der Waals surface area contributed by atoms with Crippen molar-refractivity contribution in [3.05, 3.63) is 61.2 Å². The number of halogens is 1. The number of anilines is 1. The van der Waals surface area contributed by atoms with Crippen molar-refractivity contribution in [3.63, 3.8) is 0 Å². The van der Waals surface area contributed by atoms with E-state index in [0.717, 1.165) is 17.4 Å². The Kier molecular flexibility index (Phi) is 5.77. The van der Waals surface area contributed by atoms with Crippen LogP contribution in [0.5, 0.6) is 0 Å². The van der Waals surface area contributed by atoms with Crippen molar-refractivity contribution < 1.29 is 9.32 Å². The molecule has 0 fully saturated rings. The molecule has 4 rings (SSSR count). The van der Waals surface area contributed by atoms with E-state index < -0.39 is 23.7 Å². The van der Waals surface area contributed by atoms with Gasteiger partial charge in [0.2, 0.25) is 17.6 Å². The Morgan fingerprint density at radius 1 is 1.29 bits per heavy atom. The molecule has 3 heterocycles. The quantitative estimate of drug-likeness (QED) is 0.648. The maximum atomic E-state index is 13.3. The van der Waals surface area contributed by atoms with Gasteiger partial charge in [-0.2, -0.15) is 4.98 Å². The molecule has 0 bridgehead atoms. The van der Waals surface area contributed by atoms with Crippen LogP contribution in [0.25, 0.3) is 11.4 Å². The minimum absolute atomic E-state index is 0.146. The standard InChI is InChI=1S/C21H22ClN5O4/c1-3-17-24-19(25-31-17)18-15-9-4-5-10-26(15)21(30)27(20(18)29)11-16(28)23-14-8-6-7-13(22)12(14)2/h6-8H,3-5,9-11H2,1-2H3,(H,23,28). The highest BCUT2D eigenvalue weighted by molar-refractivity contribution is 6.31. The predicted molar refractivity (Wildman–Crippen MR) is 115 cm³/mol. The molecular weight excluding hydrogens is 422 g/mol. The van der Waals surface area contributed by atoms with E-state index in [2.05, 4.69) is 15.5 Å². The minimum Gasteiger partial charge on any atom is -0.339 e. The van der Waals surface area contributed by atoms with Gasteiger partial charge in [0, 0.05) is 29.4 Å². The summed E-state index contributed by atoms with van der Waals surface area (Å²) in [5, 5.41) is 7.17. The summed E-state index contributed by atoms with van der Waals surface area (Å²) < 4.78 is 7.65. The van der Waals surface area contributed by atoms with Crippen LogP contribution in [-0.2, 0) is 30.7 Å². The van der Waals surface area contributed by atoms with Gasteiger partial charge in [0.05, 0.1) is 0 Å².